The minimum Gasteiger partial charge on any atom is -0.380 e. The Balaban J connectivity index is 0.784. The molecule has 0 spiro atoms. The number of piperidine rings is 2. The van der Waals surface area contributed by atoms with Crippen molar-refractivity contribution in [2.45, 2.75) is 104 Å². The molecule has 6 heterocycles. The first kappa shape index (κ1) is 59.2. The third kappa shape index (κ3) is 14.0. The van der Waals surface area contributed by atoms with Gasteiger partial charge < -0.3 is 10.2 Å². The minimum atomic E-state index is -6.13. The van der Waals surface area contributed by atoms with Crippen LogP contribution >= 0.6 is 23.4 Å². The van der Waals surface area contributed by atoms with Gasteiger partial charge in [-0.1, -0.05) is 61.4 Å². The molecule has 1 aromatic heterocycles. The Morgan fingerprint density at radius 2 is 1.52 bits per heavy atom. The van der Waals surface area contributed by atoms with E-state index in [0.29, 0.717) is 42.0 Å². The predicted molar refractivity (Wildman–Crippen MR) is 313 cm³/mol. The summed E-state index contributed by atoms with van der Waals surface area (Å²) in [6, 6.07) is 29.3. The number of piperazine rings is 2. The quantitative estimate of drug-likeness (QED) is 0.0664. The molecule has 4 amide bonds. The number of amides is 4. The molecule has 5 saturated heterocycles. The fourth-order valence-corrected chi connectivity index (χ4v) is 15.0. The number of imide groups is 1. The summed E-state index contributed by atoms with van der Waals surface area (Å²) in [7, 11) is -11.0. The van der Waals surface area contributed by atoms with Crippen LogP contribution in [0.3, 0.4) is 0 Å². The van der Waals surface area contributed by atoms with Crippen LogP contribution in [0.4, 0.5) is 35.0 Å². The molecule has 2 unspecified atom stereocenters. The van der Waals surface area contributed by atoms with Crippen LogP contribution in [-0.2, 0) is 31.2 Å². The molecule has 3 atom stereocenters. The van der Waals surface area contributed by atoms with E-state index in [1.54, 1.807) is 18.3 Å². The molecule has 2 bridgehead atoms. The fraction of sp³-hybridized carbons (Fsp3) is 0.424. The second kappa shape index (κ2) is 24.7. The zero-order valence-electron chi connectivity index (χ0n) is 45.7. The van der Waals surface area contributed by atoms with Crippen molar-refractivity contribution in [1.29, 1.82) is 0 Å². The summed E-state index contributed by atoms with van der Waals surface area (Å²) < 4.78 is 100.0. The van der Waals surface area contributed by atoms with E-state index in [1.165, 1.54) is 45.5 Å². The number of nitrogens with zero attached hydrogens (tertiary/aromatic N) is 6. The van der Waals surface area contributed by atoms with Crippen LogP contribution in [0.2, 0.25) is 5.02 Å². The van der Waals surface area contributed by atoms with Crippen LogP contribution in [0.1, 0.15) is 80.4 Å². The molecular weight excluding hydrogens is 1140 g/mol. The monoisotopic (exact) mass is 1200 g/mol. The first-order valence-electron chi connectivity index (χ1n) is 27.6. The first-order chi connectivity index (χ1) is 39.1. The van der Waals surface area contributed by atoms with E-state index in [0.717, 1.165) is 106 Å². The van der Waals surface area contributed by atoms with Gasteiger partial charge in [-0.05, 0) is 134 Å². The van der Waals surface area contributed by atoms with Crippen LogP contribution < -0.4 is 25.2 Å². The van der Waals surface area contributed by atoms with Gasteiger partial charge in [0.1, 0.15) is 4.90 Å². The molecule has 1 aliphatic carbocycles. The Morgan fingerprint density at radius 3 is 2.18 bits per heavy atom. The van der Waals surface area contributed by atoms with Crippen LogP contribution in [0, 0.1) is 5.41 Å². The lowest BCUT2D eigenvalue weighted by Crippen LogP contribution is -2.62. The number of alkyl halides is 3. The van der Waals surface area contributed by atoms with Crippen LogP contribution in [0.15, 0.2) is 136 Å². The molecule has 6 aliphatic rings. The summed E-state index contributed by atoms with van der Waals surface area (Å²) in [4.78, 5) is 51.8. The number of fused-ring (bicyclic) bond motifs is 3. The second-order valence-electron chi connectivity index (χ2n) is 22.6. The number of anilines is 3. The molecule has 5 fully saturated rings. The SMILES string of the molecule is CC1(C)CCC(c2ccc(Cl)cc2)=C(CN2CCN(c3ccc(C(=O)NS(=O)(=O)c4ccc(N[C@H](CCN5CC6CCC5CN6Cc5ccc(N6CCC(=O)NC6=O)cn5)CSc5ccccc5)c(S(=O)(=O)C(F)(F)F)c4)cc3)CC2)C1. The zero-order valence-corrected chi connectivity index (χ0v) is 48.9. The summed E-state index contributed by atoms with van der Waals surface area (Å²) in [5.41, 5.74) is 0.269. The third-order valence-electron chi connectivity index (χ3n) is 16.3. The van der Waals surface area contributed by atoms with Gasteiger partial charge in [0.05, 0.1) is 28.2 Å². The van der Waals surface area contributed by atoms with Gasteiger partial charge in [-0.3, -0.25) is 39.5 Å². The summed E-state index contributed by atoms with van der Waals surface area (Å²) in [5, 5.41) is 6.11. The number of sulfonamides is 1. The number of hydrogen-bond acceptors (Lipinski definition) is 14. The van der Waals surface area contributed by atoms with E-state index in [2.05, 4.69) is 61.2 Å². The maximum absolute atomic E-state index is 14.5. The van der Waals surface area contributed by atoms with Crippen molar-refractivity contribution >= 4 is 83.7 Å². The number of sulfone groups is 1. The number of pyridine rings is 1. The van der Waals surface area contributed by atoms with Crippen molar-refractivity contribution in [3.05, 3.63) is 143 Å². The number of thioether (sulfide) groups is 1. The number of aromatic nitrogens is 1. The lowest BCUT2D eigenvalue weighted by molar-refractivity contribution is -0.120. The molecule has 5 aromatic rings. The smallest absolute Gasteiger partial charge is 0.380 e. The van der Waals surface area contributed by atoms with E-state index in [-0.39, 0.29) is 41.9 Å². The Bertz CT molecular complexity index is 3410. The number of rotatable bonds is 19. The zero-order chi connectivity index (χ0) is 58.0. The number of halogens is 4. The number of carbonyl (C=O) groups is 3. The number of benzene rings is 4. The predicted octanol–water partition coefficient (Wildman–Crippen LogP) is 9.69. The van der Waals surface area contributed by atoms with Crippen molar-refractivity contribution < 1.29 is 44.4 Å². The Hall–Kier alpha value is -6.01. The van der Waals surface area contributed by atoms with Gasteiger partial charge in [-0.15, -0.1) is 11.8 Å². The fourth-order valence-electron chi connectivity index (χ4n) is 11.8. The maximum Gasteiger partial charge on any atom is 0.501 e. The van der Waals surface area contributed by atoms with Gasteiger partial charge in [0, 0.05) is 117 Å². The summed E-state index contributed by atoms with van der Waals surface area (Å²) in [5.74, 6) is -1.03. The van der Waals surface area contributed by atoms with Gasteiger partial charge in [0.2, 0.25) is 5.91 Å². The second-order valence-corrected chi connectivity index (χ2v) is 27.7. The van der Waals surface area contributed by atoms with Gasteiger partial charge in [0.15, 0.2) is 0 Å². The molecule has 0 radical (unpaired) electrons. The highest BCUT2D eigenvalue weighted by Crippen LogP contribution is 2.43. The summed E-state index contributed by atoms with van der Waals surface area (Å²) >= 11 is 7.66. The molecule has 5 aliphatic heterocycles. The highest BCUT2D eigenvalue weighted by molar-refractivity contribution is 7.99. The van der Waals surface area contributed by atoms with Crippen molar-refractivity contribution in [2.24, 2.45) is 5.41 Å². The van der Waals surface area contributed by atoms with Crippen molar-refractivity contribution in [3.63, 3.8) is 0 Å². The first-order valence-corrected chi connectivity index (χ1v) is 32.0. The Labute approximate surface area is 486 Å². The van der Waals surface area contributed by atoms with Gasteiger partial charge in [-0.2, -0.15) is 13.2 Å². The number of hydrogen-bond donors (Lipinski definition) is 3. The summed E-state index contributed by atoms with van der Waals surface area (Å²) in [6.45, 7) is 11.4. The molecular formula is C59H67ClF3N9O7S3. The van der Waals surface area contributed by atoms with Crippen LogP contribution in [-0.4, -0.2) is 143 Å². The Morgan fingerprint density at radius 1 is 0.829 bits per heavy atom. The number of allylic oxidation sites excluding steroid dienone is 1. The minimum absolute atomic E-state index is 0.0174. The molecule has 3 N–H and O–H groups in total. The van der Waals surface area contributed by atoms with E-state index < -0.39 is 58.8 Å². The molecule has 4 aromatic carbocycles. The highest BCUT2D eigenvalue weighted by atomic mass is 35.5. The highest BCUT2D eigenvalue weighted by Gasteiger charge is 2.49. The molecule has 16 nitrogen and oxygen atoms in total. The number of carbonyl (C=O) groups excluding carboxylic acids is 3. The van der Waals surface area contributed by atoms with Gasteiger partial charge in [0.25, 0.3) is 25.8 Å². The van der Waals surface area contributed by atoms with Gasteiger partial charge >= 0.3 is 11.5 Å². The average molecular weight is 1200 g/mol. The lowest BCUT2D eigenvalue weighted by atomic mass is 9.73. The molecule has 0 saturated carbocycles. The normalized spacial score (nSPS) is 20.7. The van der Waals surface area contributed by atoms with Crippen molar-refractivity contribution in [2.75, 3.05) is 79.8 Å². The topological polar surface area (TPSA) is 185 Å². The molecule has 11 rings (SSSR count). The van der Waals surface area contributed by atoms with E-state index >= 15 is 0 Å². The lowest BCUT2D eigenvalue weighted by Gasteiger charge is -2.51. The van der Waals surface area contributed by atoms with Gasteiger partial charge in [-0.25, -0.2) is 26.4 Å². The van der Waals surface area contributed by atoms with Crippen molar-refractivity contribution in [1.82, 2.24) is 29.7 Å². The molecule has 23 heteroatoms. The Kier molecular flexibility index (Phi) is 17.8. The maximum atomic E-state index is 14.5. The standard InChI is InChI=1S/C59H67ClF3N9O7S3/c1-58(2)25-22-52(40-8-12-43(60)13-9-40)42(33-58)35-68-28-30-69(31-29-68)46-15-10-41(11-16-46)56(74)67-82(78,79)51-20-21-53(54(32-51)81(76,77)59(61,62)63)65-45(39-80-50-6-4-3-5-7-50)23-26-70-37-49-19-18-48(70)38-71(49)36-44-14-17-47(34-64-44)72-27-24-55(73)66-57(72)75/h3-17,20-21,32,34,45,48-49,65H,18-19,22-31,33,35-39H2,1-2H3,(H,67,74)(H,66,73,75)/t45-,48?,49?/m1/s1. The largest absolute Gasteiger partial charge is 0.501 e. The van der Waals surface area contributed by atoms with E-state index in [9.17, 15) is 44.4 Å². The molecule has 82 heavy (non-hydrogen) atoms. The van der Waals surface area contributed by atoms with E-state index in [1.807, 2.05) is 59.3 Å². The summed E-state index contributed by atoms with van der Waals surface area (Å²) in [6.07, 6.45) is 7.25. The van der Waals surface area contributed by atoms with Crippen LogP contribution in [0.5, 0.6) is 0 Å². The van der Waals surface area contributed by atoms with Crippen molar-refractivity contribution in [3.8, 4) is 0 Å². The number of nitrogens with one attached hydrogen (secondary N) is 3. The molecule has 436 valence electrons. The van der Waals surface area contributed by atoms with Crippen LogP contribution in [0.25, 0.3) is 5.57 Å². The average Bonchev–Trinajstić information content (AvgIpc) is 3.50. The third-order valence-corrected chi connectivity index (χ3v) is 20.6. The number of urea groups is 1. The van der Waals surface area contributed by atoms with E-state index in [4.69, 9.17) is 11.6 Å².